The first-order valence-corrected chi connectivity index (χ1v) is 6.03. The maximum Gasteiger partial charge on any atom is 0.195 e. The molecule has 2 aromatic rings. The zero-order chi connectivity index (χ0) is 11.8. The molecule has 0 saturated heterocycles. The summed E-state index contributed by atoms with van der Waals surface area (Å²) < 4.78 is 0.602. The number of H-pyrrole nitrogens is 1. The van der Waals surface area contributed by atoms with Gasteiger partial charge in [0.05, 0.1) is 0 Å². The summed E-state index contributed by atoms with van der Waals surface area (Å²) in [5.74, 6) is 1.88. The number of nitrogens with one attached hydrogen (secondary N) is 1. The zero-order valence-corrected chi connectivity index (χ0v) is 10.3. The largest absolute Gasteiger partial charge is 0.340 e. The summed E-state index contributed by atoms with van der Waals surface area (Å²) in [5, 5.41) is 0. The van der Waals surface area contributed by atoms with Gasteiger partial charge >= 0.3 is 0 Å². The lowest BCUT2D eigenvalue weighted by Gasteiger charge is -2.03. The Morgan fingerprint density at radius 3 is 2.65 bits per heavy atom. The van der Waals surface area contributed by atoms with Gasteiger partial charge in [-0.2, -0.15) is 0 Å². The van der Waals surface area contributed by atoms with E-state index in [2.05, 4.69) is 19.9 Å². The minimum Gasteiger partial charge on any atom is -0.340 e. The van der Waals surface area contributed by atoms with Gasteiger partial charge in [0, 0.05) is 18.1 Å². The summed E-state index contributed by atoms with van der Waals surface area (Å²) in [7, 11) is 0. The smallest absolute Gasteiger partial charge is 0.195 e. The van der Waals surface area contributed by atoms with E-state index < -0.39 is 0 Å². The summed E-state index contributed by atoms with van der Waals surface area (Å²) in [6.07, 6.45) is 6.02. The fourth-order valence-corrected chi connectivity index (χ4v) is 1.93. The average molecular weight is 244 g/mol. The van der Waals surface area contributed by atoms with Crippen LogP contribution < -0.4 is 0 Å². The first kappa shape index (κ1) is 10.5. The second-order valence-electron chi connectivity index (χ2n) is 4.38. The topological polar surface area (TPSA) is 54.5 Å². The predicted molar refractivity (Wildman–Crippen MR) is 67.2 cm³/mol. The number of nitrogens with zero attached hydrogens (tertiary/aromatic N) is 3. The molecule has 1 fully saturated rings. The highest BCUT2D eigenvalue weighted by molar-refractivity contribution is 7.71. The fourth-order valence-electron chi connectivity index (χ4n) is 1.71. The summed E-state index contributed by atoms with van der Waals surface area (Å²) in [5.41, 5.74) is 2.19. The fraction of sp³-hybridized carbons (Fsp3) is 0.333. The van der Waals surface area contributed by atoms with Gasteiger partial charge in [0.25, 0.3) is 0 Å². The molecule has 86 valence electrons. The van der Waals surface area contributed by atoms with E-state index in [-0.39, 0.29) is 0 Å². The molecule has 0 atom stereocenters. The van der Waals surface area contributed by atoms with E-state index >= 15 is 0 Å². The molecule has 0 bridgehead atoms. The summed E-state index contributed by atoms with van der Waals surface area (Å²) in [6, 6.07) is 1.94. The molecule has 0 radical (unpaired) electrons. The molecule has 1 aliphatic rings. The first-order chi connectivity index (χ1) is 8.22. The van der Waals surface area contributed by atoms with Crippen molar-refractivity contribution in [3.63, 3.8) is 0 Å². The monoisotopic (exact) mass is 244 g/mol. The lowest BCUT2D eigenvalue weighted by molar-refractivity contribution is 0.966. The van der Waals surface area contributed by atoms with E-state index in [1.54, 1.807) is 12.4 Å². The van der Waals surface area contributed by atoms with Crippen molar-refractivity contribution in [2.24, 2.45) is 0 Å². The van der Waals surface area contributed by atoms with Crippen LogP contribution in [0.3, 0.4) is 0 Å². The first-order valence-electron chi connectivity index (χ1n) is 5.62. The zero-order valence-electron chi connectivity index (χ0n) is 9.47. The Balaban J connectivity index is 2.07. The van der Waals surface area contributed by atoms with E-state index in [0.29, 0.717) is 22.2 Å². The van der Waals surface area contributed by atoms with Crippen LogP contribution in [0.25, 0.3) is 11.6 Å². The van der Waals surface area contributed by atoms with Gasteiger partial charge in [0.1, 0.15) is 4.64 Å². The second kappa shape index (κ2) is 4.00. The number of aryl methyl sites for hydroxylation is 1. The predicted octanol–water partition coefficient (Wildman–Crippen LogP) is 2.78. The highest BCUT2D eigenvalue weighted by Gasteiger charge is 2.25. The van der Waals surface area contributed by atoms with E-state index in [4.69, 9.17) is 12.2 Å². The van der Waals surface area contributed by atoms with Gasteiger partial charge in [-0.15, -0.1) is 0 Å². The van der Waals surface area contributed by atoms with Crippen molar-refractivity contribution in [3.05, 3.63) is 34.4 Å². The Morgan fingerprint density at radius 1 is 1.29 bits per heavy atom. The molecule has 3 rings (SSSR count). The van der Waals surface area contributed by atoms with Crippen LogP contribution in [0.5, 0.6) is 0 Å². The quantitative estimate of drug-likeness (QED) is 0.825. The standard InChI is InChI=1S/C12H12N4S/c1-7-5-13-11(14-6-7)12-15-9(8-2-3-8)4-10(17)16-12/h4-6,8H,2-3H2,1H3,(H,15,16,17). The number of aromatic amines is 1. The van der Waals surface area contributed by atoms with Crippen molar-refractivity contribution < 1.29 is 0 Å². The Bertz CT molecular complexity index is 599. The van der Waals surface area contributed by atoms with E-state index in [1.165, 1.54) is 12.8 Å². The third kappa shape index (κ3) is 2.24. The highest BCUT2D eigenvalue weighted by atomic mass is 32.1. The van der Waals surface area contributed by atoms with Crippen molar-refractivity contribution in [1.29, 1.82) is 0 Å². The van der Waals surface area contributed by atoms with Crippen LogP contribution in [0.15, 0.2) is 18.5 Å². The highest BCUT2D eigenvalue weighted by Crippen LogP contribution is 2.39. The molecule has 1 saturated carbocycles. The van der Waals surface area contributed by atoms with Gasteiger partial charge in [0.15, 0.2) is 11.6 Å². The maximum atomic E-state index is 5.17. The summed E-state index contributed by atoms with van der Waals surface area (Å²) in [4.78, 5) is 16.1. The Morgan fingerprint density at radius 2 is 2.00 bits per heavy atom. The van der Waals surface area contributed by atoms with E-state index in [9.17, 15) is 0 Å². The number of aromatic nitrogens is 4. The molecule has 0 amide bonds. The van der Waals surface area contributed by atoms with Gasteiger partial charge in [0.2, 0.25) is 0 Å². The molecule has 0 spiro atoms. The van der Waals surface area contributed by atoms with Gasteiger partial charge in [-0.1, -0.05) is 12.2 Å². The van der Waals surface area contributed by atoms with Crippen molar-refractivity contribution in [2.45, 2.75) is 25.7 Å². The lowest BCUT2D eigenvalue weighted by atomic mass is 10.3. The van der Waals surface area contributed by atoms with Crippen LogP contribution >= 0.6 is 12.2 Å². The Kier molecular flexibility index (Phi) is 2.48. The molecule has 17 heavy (non-hydrogen) atoms. The molecule has 4 nitrogen and oxygen atoms in total. The normalized spacial score (nSPS) is 14.9. The summed E-state index contributed by atoms with van der Waals surface area (Å²) in [6.45, 7) is 1.96. The molecule has 5 heteroatoms. The van der Waals surface area contributed by atoms with Gasteiger partial charge in [-0.3, -0.25) is 0 Å². The van der Waals surface area contributed by atoms with E-state index in [1.807, 2.05) is 13.0 Å². The molecular formula is C12H12N4S. The molecule has 1 aliphatic carbocycles. The maximum absolute atomic E-state index is 5.17. The van der Waals surface area contributed by atoms with Gasteiger partial charge < -0.3 is 4.98 Å². The van der Waals surface area contributed by atoms with Gasteiger partial charge in [-0.25, -0.2) is 15.0 Å². The van der Waals surface area contributed by atoms with Crippen molar-refractivity contribution >= 4 is 12.2 Å². The van der Waals surface area contributed by atoms with Gasteiger partial charge in [-0.05, 0) is 37.3 Å². The molecule has 0 aromatic carbocycles. The molecule has 1 N–H and O–H groups in total. The van der Waals surface area contributed by atoms with Crippen LogP contribution in [-0.2, 0) is 0 Å². The van der Waals surface area contributed by atoms with Crippen molar-refractivity contribution in [1.82, 2.24) is 19.9 Å². The third-order valence-electron chi connectivity index (χ3n) is 2.77. The Hall–Kier alpha value is -1.62. The van der Waals surface area contributed by atoms with Crippen LogP contribution in [0, 0.1) is 11.6 Å². The SMILES string of the molecule is Cc1cnc(-c2nc(=S)cc(C3CC3)[nH]2)nc1. The average Bonchev–Trinajstić information content (AvgIpc) is 3.13. The number of hydrogen-bond acceptors (Lipinski definition) is 4. The van der Waals surface area contributed by atoms with E-state index in [0.717, 1.165) is 11.3 Å². The van der Waals surface area contributed by atoms with Crippen LogP contribution in [0.1, 0.15) is 30.0 Å². The molecule has 0 unspecified atom stereocenters. The Labute approximate surface area is 104 Å². The van der Waals surface area contributed by atoms with Crippen molar-refractivity contribution in [2.75, 3.05) is 0 Å². The minimum atomic E-state index is 0.601. The molecule has 2 heterocycles. The van der Waals surface area contributed by atoms with Crippen LogP contribution in [0.2, 0.25) is 0 Å². The molecule has 0 aliphatic heterocycles. The second-order valence-corrected chi connectivity index (χ2v) is 4.80. The van der Waals surface area contributed by atoms with Crippen LogP contribution in [0.4, 0.5) is 0 Å². The van der Waals surface area contributed by atoms with Crippen LogP contribution in [-0.4, -0.2) is 19.9 Å². The lowest BCUT2D eigenvalue weighted by Crippen LogP contribution is -1.98. The molecule has 2 aromatic heterocycles. The number of hydrogen-bond donors (Lipinski definition) is 1. The van der Waals surface area contributed by atoms with Crippen molar-refractivity contribution in [3.8, 4) is 11.6 Å². The summed E-state index contributed by atoms with van der Waals surface area (Å²) >= 11 is 5.17. The number of rotatable bonds is 2. The third-order valence-corrected chi connectivity index (χ3v) is 2.98. The molecular weight excluding hydrogens is 232 g/mol. The minimum absolute atomic E-state index is 0.601.